The highest BCUT2D eigenvalue weighted by Gasteiger charge is 2.29. The van der Waals surface area contributed by atoms with Gasteiger partial charge in [0.05, 0.1) is 39.6 Å². The van der Waals surface area contributed by atoms with Gasteiger partial charge in [0.15, 0.2) is 0 Å². The van der Waals surface area contributed by atoms with Gasteiger partial charge in [0, 0.05) is 19.7 Å². The second-order valence-electron chi connectivity index (χ2n) is 4.31. The smallest absolute Gasteiger partial charge is 0.317 e. The lowest BCUT2D eigenvalue weighted by Crippen LogP contribution is -2.34. The van der Waals surface area contributed by atoms with Crippen molar-refractivity contribution in [2.24, 2.45) is 0 Å². The van der Waals surface area contributed by atoms with Gasteiger partial charge in [-0.3, -0.25) is 9.69 Å². The van der Waals surface area contributed by atoms with Crippen molar-refractivity contribution in [3.05, 3.63) is 0 Å². The van der Waals surface area contributed by atoms with Crippen molar-refractivity contribution in [1.82, 2.24) is 4.90 Å². The Morgan fingerprint density at radius 2 is 1.78 bits per heavy atom. The Morgan fingerprint density at radius 3 is 2.33 bits per heavy atom. The van der Waals surface area contributed by atoms with Crippen LogP contribution in [0.5, 0.6) is 0 Å². The fourth-order valence-electron chi connectivity index (χ4n) is 1.65. The molecule has 1 aliphatic carbocycles. The molecule has 0 atom stereocenters. The molecule has 1 saturated carbocycles. The molecule has 1 fully saturated rings. The van der Waals surface area contributed by atoms with E-state index in [2.05, 4.69) is 0 Å². The maximum Gasteiger partial charge on any atom is 0.317 e. The number of nitrogens with zero attached hydrogens (tertiary/aromatic N) is 1. The fourth-order valence-corrected chi connectivity index (χ4v) is 1.65. The van der Waals surface area contributed by atoms with Gasteiger partial charge < -0.3 is 19.3 Å². The van der Waals surface area contributed by atoms with Crippen LogP contribution in [0.4, 0.5) is 0 Å². The van der Waals surface area contributed by atoms with Crippen LogP contribution in [0.15, 0.2) is 0 Å². The SMILES string of the molecule is COCCOCCOCCN(CC(=O)O)C1CC1. The lowest BCUT2D eigenvalue weighted by atomic mass is 10.4. The van der Waals surface area contributed by atoms with Gasteiger partial charge >= 0.3 is 5.97 Å². The lowest BCUT2D eigenvalue weighted by molar-refractivity contribution is -0.138. The molecular formula is C12H23NO5. The van der Waals surface area contributed by atoms with Crippen LogP contribution in [0.3, 0.4) is 0 Å². The van der Waals surface area contributed by atoms with E-state index in [1.807, 2.05) is 4.90 Å². The summed E-state index contributed by atoms with van der Waals surface area (Å²) in [6.07, 6.45) is 2.21. The van der Waals surface area contributed by atoms with Crippen LogP contribution in [0.1, 0.15) is 12.8 Å². The summed E-state index contributed by atoms with van der Waals surface area (Å²) >= 11 is 0. The zero-order valence-corrected chi connectivity index (χ0v) is 11.0. The Kier molecular flexibility index (Phi) is 7.91. The topological polar surface area (TPSA) is 68.2 Å². The van der Waals surface area contributed by atoms with E-state index < -0.39 is 5.97 Å². The van der Waals surface area contributed by atoms with Crippen LogP contribution in [-0.2, 0) is 19.0 Å². The number of methoxy groups -OCH3 is 1. The van der Waals surface area contributed by atoms with Gasteiger partial charge in [0.25, 0.3) is 0 Å². The molecule has 0 radical (unpaired) electrons. The third kappa shape index (κ3) is 7.60. The molecule has 0 bridgehead atoms. The largest absolute Gasteiger partial charge is 0.480 e. The van der Waals surface area contributed by atoms with Crippen LogP contribution < -0.4 is 0 Å². The molecule has 18 heavy (non-hydrogen) atoms. The predicted molar refractivity (Wildman–Crippen MR) is 65.7 cm³/mol. The maximum absolute atomic E-state index is 10.7. The number of carbonyl (C=O) groups is 1. The Labute approximate surface area is 108 Å². The summed E-state index contributed by atoms with van der Waals surface area (Å²) in [5, 5.41) is 8.77. The molecule has 0 saturated heterocycles. The first-order valence-corrected chi connectivity index (χ1v) is 6.34. The molecule has 1 aliphatic rings. The molecule has 0 aromatic heterocycles. The molecule has 106 valence electrons. The van der Waals surface area contributed by atoms with Gasteiger partial charge in [-0.1, -0.05) is 0 Å². The minimum Gasteiger partial charge on any atom is -0.480 e. The third-order valence-electron chi connectivity index (χ3n) is 2.73. The fraction of sp³-hybridized carbons (Fsp3) is 0.917. The monoisotopic (exact) mass is 261 g/mol. The lowest BCUT2D eigenvalue weighted by Gasteiger charge is -2.19. The molecule has 0 aromatic carbocycles. The molecule has 1 rings (SSSR count). The second kappa shape index (κ2) is 9.27. The van der Waals surface area contributed by atoms with E-state index in [0.29, 0.717) is 45.6 Å². The minimum atomic E-state index is -0.773. The molecule has 0 spiro atoms. The molecule has 0 amide bonds. The molecule has 1 N–H and O–H groups in total. The number of rotatable bonds is 12. The zero-order valence-electron chi connectivity index (χ0n) is 11.0. The van der Waals surface area contributed by atoms with Gasteiger partial charge in [-0.25, -0.2) is 0 Å². The van der Waals surface area contributed by atoms with E-state index in [4.69, 9.17) is 19.3 Å². The van der Waals surface area contributed by atoms with Gasteiger partial charge in [-0.05, 0) is 12.8 Å². The highest BCUT2D eigenvalue weighted by molar-refractivity contribution is 5.69. The number of ether oxygens (including phenoxy) is 3. The van der Waals surface area contributed by atoms with Crippen molar-refractivity contribution >= 4 is 5.97 Å². The number of carboxylic acids is 1. The molecular weight excluding hydrogens is 238 g/mol. The molecule has 6 heteroatoms. The van der Waals surface area contributed by atoms with Crippen LogP contribution in [0.2, 0.25) is 0 Å². The summed E-state index contributed by atoms with van der Waals surface area (Å²) in [6.45, 7) is 3.59. The van der Waals surface area contributed by atoms with Crippen molar-refractivity contribution in [1.29, 1.82) is 0 Å². The molecule has 0 heterocycles. The first kappa shape index (κ1) is 15.4. The van der Waals surface area contributed by atoms with Gasteiger partial charge in [0.2, 0.25) is 0 Å². The highest BCUT2D eigenvalue weighted by atomic mass is 16.5. The van der Waals surface area contributed by atoms with Crippen molar-refractivity contribution in [3.8, 4) is 0 Å². The van der Waals surface area contributed by atoms with E-state index in [-0.39, 0.29) is 6.54 Å². The van der Waals surface area contributed by atoms with Crippen LogP contribution in [-0.4, -0.2) is 75.3 Å². The van der Waals surface area contributed by atoms with E-state index in [1.165, 1.54) is 0 Å². The normalized spacial score (nSPS) is 15.2. The Hall–Kier alpha value is -0.690. The van der Waals surface area contributed by atoms with Gasteiger partial charge in [0.1, 0.15) is 0 Å². The van der Waals surface area contributed by atoms with E-state index in [1.54, 1.807) is 7.11 Å². The average Bonchev–Trinajstić information content (AvgIpc) is 3.14. The third-order valence-corrected chi connectivity index (χ3v) is 2.73. The average molecular weight is 261 g/mol. The first-order valence-electron chi connectivity index (χ1n) is 6.34. The van der Waals surface area contributed by atoms with Crippen molar-refractivity contribution < 1.29 is 24.1 Å². The quantitative estimate of drug-likeness (QED) is 0.507. The van der Waals surface area contributed by atoms with E-state index >= 15 is 0 Å². The minimum absolute atomic E-state index is 0.109. The molecule has 0 unspecified atom stereocenters. The van der Waals surface area contributed by atoms with E-state index in [0.717, 1.165) is 12.8 Å². The summed E-state index contributed by atoms with van der Waals surface area (Å²) in [7, 11) is 1.63. The zero-order chi connectivity index (χ0) is 13.2. The summed E-state index contributed by atoms with van der Waals surface area (Å²) < 4.78 is 15.5. The predicted octanol–water partition coefficient (Wildman–Crippen LogP) is 0.215. The van der Waals surface area contributed by atoms with Crippen LogP contribution in [0.25, 0.3) is 0 Å². The van der Waals surface area contributed by atoms with Crippen molar-refractivity contribution in [2.45, 2.75) is 18.9 Å². The van der Waals surface area contributed by atoms with Gasteiger partial charge in [-0.2, -0.15) is 0 Å². The standard InChI is InChI=1S/C12H23NO5/c1-16-6-7-18-9-8-17-5-4-13(10-12(14)15)11-2-3-11/h11H,2-10H2,1H3,(H,14,15). The van der Waals surface area contributed by atoms with Crippen molar-refractivity contribution in [3.63, 3.8) is 0 Å². The van der Waals surface area contributed by atoms with Gasteiger partial charge in [-0.15, -0.1) is 0 Å². The first-order chi connectivity index (χ1) is 8.74. The summed E-state index contributed by atoms with van der Waals surface area (Å²) in [6, 6.07) is 0.447. The summed E-state index contributed by atoms with van der Waals surface area (Å²) in [5.74, 6) is -0.773. The van der Waals surface area contributed by atoms with Crippen LogP contribution in [0, 0.1) is 0 Å². The highest BCUT2D eigenvalue weighted by Crippen LogP contribution is 2.26. The number of hydrogen-bond donors (Lipinski definition) is 1. The Balaban J connectivity index is 1.93. The number of carboxylic acid groups (broad SMARTS) is 1. The second-order valence-corrected chi connectivity index (χ2v) is 4.31. The van der Waals surface area contributed by atoms with Crippen LogP contribution >= 0.6 is 0 Å². The number of hydrogen-bond acceptors (Lipinski definition) is 5. The maximum atomic E-state index is 10.7. The molecule has 6 nitrogen and oxygen atoms in total. The number of aliphatic carboxylic acids is 1. The summed E-state index contributed by atoms with van der Waals surface area (Å²) in [5.41, 5.74) is 0. The molecule has 0 aromatic rings. The Morgan fingerprint density at radius 1 is 1.17 bits per heavy atom. The summed E-state index contributed by atoms with van der Waals surface area (Å²) in [4.78, 5) is 12.6. The molecule has 0 aliphatic heterocycles. The van der Waals surface area contributed by atoms with E-state index in [9.17, 15) is 4.79 Å². The Bertz CT molecular complexity index is 233. The van der Waals surface area contributed by atoms with Crippen molar-refractivity contribution in [2.75, 3.05) is 53.2 Å².